The van der Waals surface area contributed by atoms with Crippen LogP contribution in [-0.2, 0) is 0 Å². The van der Waals surface area contributed by atoms with Crippen molar-refractivity contribution in [3.05, 3.63) is 58.3 Å². The number of hydrogen-bond acceptors (Lipinski definition) is 2. The van der Waals surface area contributed by atoms with Gasteiger partial charge in [-0.05, 0) is 52.7 Å². The van der Waals surface area contributed by atoms with Gasteiger partial charge in [0.1, 0.15) is 5.82 Å². The second kappa shape index (κ2) is 7.21. The van der Waals surface area contributed by atoms with Crippen molar-refractivity contribution in [1.29, 1.82) is 0 Å². The molecule has 0 unspecified atom stereocenters. The van der Waals surface area contributed by atoms with Gasteiger partial charge in [0.05, 0.1) is 11.4 Å². The lowest BCUT2D eigenvalue weighted by Gasteiger charge is -2.36. The standard InChI is InChI=1S/C18H19BrFN3O/c1-13-6-7-17(14(19)12-13)22-8-10-23(11-9-22)18(24)21-16-5-3-2-4-15(16)20/h2-7,12H,8-11H2,1H3,(H,21,24). The number of carbonyl (C=O) groups excluding carboxylic acids is 1. The number of nitrogens with zero attached hydrogens (tertiary/aromatic N) is 2. The first-order chi connectivity index (χ1) is 11.5. The van der Waals surface area contributed by atoms with Crippen LogP contribution >= 0.6 is 15.9 Å². The molecule has 1 aliphatic heterocycles. The zero-order valence-corrected chi connectivity index (χ0v) is 15.0. The number of halogens is 2. The molecule has 0 radical (unpaired) electrons. The first-order valence-corrected chi connectivity index (χ1v) is 8.65. The van der Waals surface area contributed by atoms with Crippen LogP contribution in [-0.4, -0.2) is 37.1 Å². The Hall–Kier alpha value is -2.08. The van der Waals surface area contributed by atoms with Crippen LogP contribution in [0.25, 0.3) is 0 Å². The van der Waals surface area contributed by atoms with Crippen molar-refractivity contribution in [1.82, 2.24) is 4.90 Å². The number of hydrogen-bond donors (Lipinski definition) is 1. The van der Waals surface area contributed by atoms with Crippen molar-refractivity contribution in [2.45, 2.75) is 6.92 Å². The molecule has 24 heavy (non-hydrogen) atoms. The maximum absolute atomic E-state index is 13.6. The third-order valence-electron chi connectivity index (χ3n) is 4.13. The van der Waals surface area contributed by atoms with Gasteiger partial charge in [0.15, 0.2) is 0 Å². The number of nitrogens with one attached hydrogen (secondary N) is 1. The monoisotopic (exact) mass is 391 g/mol. The van der Waals surface area contributed by atoms with Crippen molar-refractivity contribution in [2.24, 2.45) is 0 Å². The van der Waals surface area contributed by atoms with Gasteiger partial charge >= 0.3 is 6.03 Å². The topological polar surface area (TPSA) is 35.6 Å². The van der Waals surface area contributed by atoms with E-state index in [1.165, 1.54) is 11.6 Å². The molecule has 0 spiro atoms. The van der Waals surface area contributed by atoms with Crippen molar-refractivity contribution < 1.29 is 9.18 Å². The summed E-state index contributed by atoms with van der Waals surface area (Å²) >= 11 is 3.60. The summed E-state index contributed by atoms with van der Waals surface area (Å²) < 4.78 is 14.7. The van der Waals surface area contributed by atoms with Crippen LogP contribution in [0.4, 0.5) is 20.6 Å². The smallest absolute Gasteiger partial charge is 0.322 e. The third-order valence-corrected chi connectivity index (χ3v) is 4.76. The molecule has 1 fully saturated rings. The Bertz CT molecular complexity index is 745. The minimum Gasteiger partial charge on any atom is -0.367 e. The number of carbonyl (C=O) groups is 1. The van der Waals surface area contributed by atoms with Gasteiger partial charge in [-0.15, -0.1) is 0 Å². The highest BCUT2D eigenvalue weighted by molar-refractivity contribution is 9.10. The van der Waals surface area contributed by atoms with Crippen LogP contribution in [0.15, 0.2) is 46.9 Å². The summed E-state index contributed by atoms with van der Waals surface area (Å²) in [5, 5.41) is 2.64. The van der Waals surface area contributed by atoms with Gasteiger partial charge in [-0.25, -0.2) is 9.18 Å². The SMILES string of the molecule is Cc1ccc(N2CCN(C(=O)Nc3ccccc3F)CC2)c(Br)c1. The summed E-state index contributed by atoms with van der Waals surface area (Å²) in [5.41, 5.74) is 2.55. The molecular weight excluding hydrogens is 373 g/mol. The van der Waals surface area contributed by atoms with Crippen molar-refractivity contribution in [2.75, 3.05) is 36.4 Å². The van der Waals surface area contributed by atoms with Crippen molar-refractivity contribution >= 4 is 33.3 Å². The fourth-order valence-electron chi connectivity index (χ4n) is 2.78. The summed E-state index contributed by atoms with van der Waals surface area (Å²) in [5.74, 6) is -0.423. The number of urea groups is 1. The van der Waals surface area contributed by atoms with E-state index < -0.39 is 5.82 Å². The number of rotatable bonds is 2. The van der Waals surface area contributed by atoms with E-state index in [0.717, 1.165) is 23.2 Å². The zero-order valence-electron chi connectivity index (χ0n) is 13.4. The molecule has 6 heteroatoms. The van der Waals surface area contributed by atoms with E-state index in [4.69, 9.17) is 0 Å². The summed E-state index contributed by atoms with van der Waals surface area (Å²) in [7, 11) is 0. The average molecular weight is 392 g/mol. The van der Waals surface area contributed by atoms with E-state index in [-0.39, 0.29) is 11.7 Å². The van der Waals surface area contributed by atoms with Gasteiger partial charge in [-0.1, -0.05) is 18.2 Å². The van der Waals surface area contributed by atoms with Crippen LogP contribution in [0.2, 0.25) is 0 Å². The Balaban J connectivity index is 1.60. The normalized spacial score (nSPS) is 14.6. The quantitative estimate of drug-likeness (QED) is 0.830. The minimum atomic E-state index is -0.423. The zero-order chi connectivity index (χ0) is 17.1. The Labute approximate surface area is 149 Å². The van der Waals surface area contributed by atoms with Gasteiger partial charge in [0.2, 0.25) is 0 Å². The Morgan fingerprint density at radius 3 is 2.50 bits per heavy atom. The predicted molar refractivity (Wildman–Crippen MR) is 98.1 cm³/mol. The fraction of sp³-hybridized carbons (Fsp3) is 0.278. The lowest BCUT2D eigenvalue weighted by Crippen LogP contribution is -2.50. The number of benzene rings is 2. The largest absolute Gasteiger partial charge is 0.367 e. The lowest BCUT2D eigenvalue weighted by molar-refractivity contribution is 0.208. The first-order valence-electron chi connectivity index (χ1n) is 7.86. The second-order valence-electron chi connectivity index (χ2n) is 5.84. The lowest BCUT2D eigenvalue weighted by atomic mass is 10.2. The highest BCUT2D eigenvalue weighted by Crippen LogP contribution is 2.28. The molecule has 0 bridgehead atoms. The highest BCUT2D eigenvalue weighted by Gasteiger charge is 2.22. The van der Waals surface area contributed by atoms with Crippen LogP contribution in [0.5, 0.6) is 0 Å². The summed E-state index contributed by atoms with van der Waals surface area (Å²) in [6, 6.07) is 12.2. The third kappa shape index (κ3) is 3.70. The van der Waals surface area contributed by atoms with Crippen LogP contribution in [0, 0.1) is 12.7 Å². The van der Waals surface area contributed by atoms with Crippen molar-refractivity contribution in [3.63, 3.8) is 0 Å². The maximum atomic E-state index is 13.6. The van der Waals surface area contributed by atoms with E-state index in [1.54, 1.807) is 23.1 Å². The predicted octanol–water partition coefficient (Wildman–Crippen LogP) is 4.25. The Morgan fingerprint density at radius 1 is 1.12 bits per heavy atom. The molecule has 2 amide bonds. The van der Waals surface area contributed by atoms with Gasteiger partial charge in [-0.3, -0.25) is 0 Å². The summed E-state index contributed by atoms with van der Waals surface area (Å²) in [4.78, 5) is 16.3. The van der Waals surface area contributed by atoms with Crippen LogP contribution in [0.3, 0.4) is 0 Å². The summed E-state index contributed by atoms with van der Waals surface area (Å²) in [6.45, 7) is 4.74. The molecule has 0 aromatic heterocycles. The number of anilines is 2. The molecule has 0 atom stereocenters. The number of amides is 2. The highest BCUT2D eigenvalue weighted by atomic mass is 79.9. The molecule has 1 saturated heterocycles. The van der Waals surface area contributed by atoms with E-state index in [9.17, 15) is 9.18 Å². The second-order valence-corrected chi connectivity index (χ2v) is 6.69. The molecule has 126 valence electrons. The van der Waals surface area contributed by atoms with E-state index in [2.05, 4.69) is 51.3 Å². The first kappa shape index (κ1) is 16.8. The molecule has 3 rings (SSSR count). The molecule has 4 nitrogen and oxygen atoms in total. The number of aryl methyl sites for hydroxylation is 1. The van der Waals surface area contributed by atoms with Gasteiger partial charge < -0.3 is 15.1 Å². The average Bonchev–Trinajstić information content (AvgIpc) is 2.57. The van der Waals surface area contributed by atoms with Crippen molar-refractivity contribution in [3.8, 4) is 0 Å². The van der Waals surface area contributed by atoms with Crippen LogP contribution in [0.1, 0.15) is 5.56 Å². The molecule has 1 heterocycles. The molecular formula is C18H19BrFN3O. The molecule has 2 aromatic rings. The Morgan fingerprint density at radius 2 is 1.83 bits per heavy atom. The maximum Gasteiger partial charge on any atom is 0.322 e. The van der Waals surface area contributed by atoms with E-state index >= 15 is 0 Å². The summed E-state index contributed by atoms with van der Waals surface area (Å²) in [6.07, 6.45) is 0. The van der Waals surface area contributed by atoms with E-state index in [0.29, 0.717) is 13.1 Å². The fourth-order valence-corrected chi connectivity index (χ4v) is 3.52. The molecule has 0 saturated carbocycles. The number of piperazine rings is 1. The van der Waals surface area contributed by atoms with Gasteiger partial charge in [-0.2, -0.15) is 0 Å². The number of para-hydroxylation sites is 1. The van der Waals surface area contributed by atoms with Crippen LogP contribution < -0.4 is 10.2 Å². The molecule has 0 aliphatic carbocycles. The van der Waals surface area contributed by atoms with Gasteiger partial charge in [0, 0.05) is 30.7 Å². The molecule has 1 aliphatic rings. The Kier molecular flexibility index (Phi) is 5.04. The molecule has 1 N–H and O–H groups in total. The minimum absolute atomic E-state index is 0.214. The van der Waals surface area contributed by atoms with Gasteiger partial charge in [0.25, 0.3) is 0 Å². The molecule has 2 aromatic carbocycles. The van der Waals surface area contributed by atoms with E-state index in [1.807, 2.05) is 0 Å².